The lowest BCUT2D eigenvalue weighted by molar-refractivity contribution is 0.371. The Morgan fingerprint density at radius 1 is 1.56 bits per heavy atom. The first-order chi connectivity index (χ1) is 8.76. The molecule has 0 saturated heterocycles. The average Bonchev–Trinajstić information content (AvgIpc) is 2.33. The lowest BCUT2D eigenvalue weighted by Gasteiger charge is -2.37. The lowest BCUT2D eigenvalue weighted by atomic mass is 9.91. The second-order valence-electron chi connectivity index (χ2n) is 4.45. The highest BCUT2D eigenvalue weighted by molar-refractivity contribution is 9.10. The number of nitrogens with zero attached hydrogens (tertiary/aromatic N) is 3. The monoisotopic (exact) mass is 314 g/mol. The summed E-state index contributed by atoms with van der Waals surface area (Å²) in [6.45, 7) is 1.60. The topological polar surface area (TPSA) is 64.3 Å². The second kappa shape index (κ2) is 6.33. The van der Waals surface area contributed by atoms with Crippen molar-refractivity contribution in [2.75, 3.05) is 25.1 Å². The van der Waals surface area contributed by atoms with Crippen LogP contribution < -0.4 is 15.4 Å². The maximum absolute atomic E-state index is 5.60. The molecule has 0 spiro atoms. The fraction of sp³-hybridized carbons (Fsp3) is 0.667. The quantitative estimate of drug-likeness (QED) is 0.869. The van der Waals surface area contributed by atoms with Crippen LogP contribution in [-0.4, -0.2) is 36.2 Å². The van der Waals surface area contributed by atoms with Crippen LogP contribution in [0.3, 0.4) is 0 Å². The van der Waals surface area contributed by atoms with E-state index < -0.39 is 0 Å². The van der Waals surface area contributed by atoms with Gasteiger partial charge in [0.25, 0.3) is 0 Å². The van der Waals surface area contributed by atoms with Crippen molar-refractivity contribution < 1.29 is 4.74 Å². The molecule has 0 radical (unpaired) electrons. The summed E-state index contributed by atoms with van der Waals surface area (Å²) in [5, 5.41) is 0. The van der Waals surface area contributed by atoms with Crippen LogP contribution in [0.25, 0.3) is 0 Å². The first kappa shape index (κ1) is 13.5. The lowest BCUT2D eigenvalue weighted by Crippen LogP contribution is -2.42. The zero-order chi connectivity index (χ0) is 13.0. The first-order valence-corrected chi connectivity index (χ1v) is 7.08. The van der Waals surface area contributed by atoms with E-state index >= 15 is 0 Å². The number of aromatic nitrogens is 2. The Balaban J connectivity index is 2.17. The van der Waals surface area contributed by atoms with Crippen LogP contribution in [0.4, 0.5) is 5.95 Å². The standard InChI is InChI=1S/C12H19BrN4O/c1-18-11-10(13)8-15-12(16-11)17(7-3-6-14)9-4-2-5-9/h8-9H,2-7,14H2,1H3. The zero-order valence-corrected chi connectivity index (χ0v) is 12.2. The predicted octanol–water partition coefficient (Wildman–Crippen LogP) is 1.96. The van der Waals surface area contributed by atoms with Crippen molar-refractivity contribution in [2.45, 2.75) is 31.7 Å². The molecule has 1 aliphatic carbocycles. The highest BCUT2D eigenvalue weighted by Gasteiger charge is 2.27. The average molecular weight is 315 g/mol. The van der Waals surface area contributed by atoms with Crippen molar-refractivity contribution in [1.82, 2.24) is 9.97 Å². The van der Waals surface area contributed by atoms with Gasteiger partial charge in [0, 0.05) is 12.6 Å². The molecule has 18 heavy (non-hydrogen) atoms. The zero-order valence-electron chi connectivity index (χ0n) is 10.6. The SMILES string of the molecule is COc1nc(N(CCCN)C2CCC2)ncc1Br. The Hall–Kier alpha value is -0.880. The number of rotatable bonds is 6. The molecule has 1 aliphatic rings. The normalized spacial score (nSPS) is 15.3. The van der Waals surface area contributed by atoms with E-state index in [0.717, 1.165) is 23.4 Å². The number of anilines is 1. The summed E-state index contributed by atoms with van der Waals surface area (Å²) in [5.41, 5.74) is 5.60. The molecule has 1 heterocycles. The van der Waals surface area contributed by atoms with Crippen molar-refractivity contribution in [1.29, 1.82) is 0 Å². The molecule has 6 heteroatoms. The summed E-state index contributed by atoms with van der Waals surface area (Å²) >= 11 is 3.37. The Kier molecular flexibility index (Phi) is 4.77. The highest BCUT2D eigenvalue weighted by atomic mass is 79.9. The molecule has 0 aliphatic heterocycles. The van der Waals surface area contributed by atoms with E-state index in [4.69, 9.17) is 10.5 Å². The van der Waals surface area contributed by atoms with Gasteiger partial charge in [-0.25, -0.2) is 4.98 Å². The van der Waals surface area contributed by atoms with Crippen LogP contribution in [0.5, 0.6) is 5.88 Å². The highest BCUT2D eigenvalue weighted by Crippen LogP contribution is 2.30. The molecular formula is C12H19BrN4O. The van der Waals surface area contributed by atoms with E-state index in [0.29, 0.717) is 18.5 Å². The molecule has 0 bridgehead atoms. The molecule has 1 aromatic rings. The molecule has 1 saturated carbocycles. The van der Waals surface area contributed by atoms with Crippen LogP contribution in [0, 0.1) is 0 Å². The van der Waals surface area contributed by atoms with Gasteiger partial charge in [-0.3, -0.25) is 0 Å². The van der Waals surface area contributed by atoms with E-state index in [9.17, 15) is 0 Å². The second-order valence-corrected chi connectivity index (χ2v) is 5.30. The number of hydrogen-bond acceptors (Lipinski definition) is 5. The van der Waals surface area contributed by atoms with Gasteiger partial charge in [-0.05, 0) is 48.2 Å². The van der Waals surface area contributed by atoms with Crippen LogP contribution in [0.1, 0.15) is 25.7 Å². The maximum atomic E-state index is 5.60. The smallest absolute Gasteiger partial charge is 0.232 e. The van der Waals surface area contributed by atoms with Crippen molar-refractivity contribution in [2.24, 2.45) is 5.73 Å². The van der Waals surface area contributed by atoms with E-state index in [-0.39, 0.29) is 0 Å². The van der Waals surface area contributed by atoms with Crippen LogP contribution in [0.2, 0.25) is 0 Å². The maximum Gasteiger partial charge on any atom is 0.232 e. The molecular weight excluding hydrogens is 296 g/mol. The van der Waals surface area contributed by atoms with E-state index in [1.807, 2.05) is 0 Å². The Labute approximate surface area is 116 Å². The summed E-state index contributed by atoms with van der Waals surface area (Å²) in [5.74, 6) is 1.32. The molecule has 100 valence electrons. The number of ether oxygens (including phenoxy) is 1. The van der Waals surface area contributed by atoms with Crippen molar-refractivity contribution in [3.05, 3.63) is 10.7 Å². The van der Waals surface area contributed by atoms with Gasteiger partial charge in [0.2, 0.25) is 11.8 Å². The summed E-state index contributed by atoms with van der Waals surface area (Å²) in [6.07, 6.45) is 6.42. The first-order valence-electron chi connectivity index (χ1n) is 6.29. The van der Waals surface area contributed by atoms with Crippen LogP contribution >= 0.6 is 15.9 Å². The van der Waals surface area contributed by atoms with Crippen LogP contribution in [-0.2, 0) is 0 Å². The fourth-order valence-corrected chi connectivity index (χ4v) is 2.38. The van der Waals surface area contributed by atoms with Gasteiger partial charge in [-0.15, -0.1) is 0 Å². The molecule has 1 aromatic heterocycles. The molecule has 0 aromatic carbocycles. The van der Waals surface area contributed by atoms with E-state index in [2.05, 4.69) is 30.8 Å². The third kappa shape index (κ3) is 2.92. The Morgan fingerprint density at radius 3 is 2.89 bits per heavy atom. The van der Waals surface area contributed by atoms with Gasteiger partial charge in [-0.1, -0.05) is 0 Å². The Morgan fingerprint density at radius 2 is 2.33 bits per heavy atom. The van der Waals surface area contributed by atoms with Crippen molar-refractivity contribution >= 4 is 21.9 Å². The Bertz CT molecular complexity index is 398. The summed E-state index contributed by atoms with van der Waals surface area (Å²) in [7, 11) is 1.62. The summed E-state index contributed by atoms with van der Waals surface area (Å²) in [4.78, 5) is 11.1. The molecule has 5 nitrogen and oxygen atoms in total. The van der Waals surface area contributed by atoms with Gasteiger partial charge in [0.15, 0.2) is 0 Å². The van der Waals surface area contributed by atoms with Gasteiger partial charge in [0.1, 0.15) is 0 Å². The van der Waals surface area contributed by atoms with E-state index in [1.54, 1.807) is 13.3 Å². The predicted molar refractivity (Wildman–Crippen MR) is 74.9 cm³/mol. The molecule has 1 fully saturated rings. The molecule has 0 amide bonds. The van der Waals surface area contributed by atoms with Gasteiger partial charge >= 0.3 is 0 Å². The molecule has 2 N–H and O–H groups in total. The third-order valence-electron chi connectivity index (χ3n) is 3.27. The minimum absolute atomic E-state index is 0.558. The minimum Gasteiger partial charge on any atom is -0.480 e. The number of hydrogen-bond donors (Lipinski definition) is 1. The van der Waals surface area contributed by atoms with Crippen molar-refractivity contribution in [3.8, 4) is 5.88 Å². The number of methoxy groups -OCH3 is 1. The minimum atomic E-state index is 0.558. The largest absolute Gasteiger partial charge is 0.480 e. The summed E-state index contributed by atoms with van der Waals surface area (Å²) < 4.78 is 6.00. The van der Waals surface area contributed by atoms with Gasteiger partial charge < -0.3 is 15.4 Å². The molecule has 0 atom stereocenters. The van der Waals surface area contributed by atoms with Gasteiger partial charge in [0.05, 0.1) is 17.8 Å². The molecule has 2 rings (SSSR count). The third-order valence-corrected chi connectivity index (χ3v) is 3.81. The van der Waals surface area contributed by atoms with Crippen molar-refractivity contribution in [3.63, 3.8) is 0 Å². The van der Waals surface area contributed by atoms with E-state index in [1.165, 1.54) is 19.3 Å². The van der Waals surface area contributed by atoms with Crippen LogP contribution in [0.15, 0.2) is 10.7 Å². The fourth-order valence-electron chi connectivity index (χ4n) is 2.03. The number of nitrogens with two attached hydrogens (primary N) is 1. The number of halogens is 1. The van der Waals surface area contributed by atoms with Gasteiger partial charge in [-0.2, -0.15) is 4.98 Å². The molecule has 0 unspecified atom stereocenters. The summed E-state index contributed by atoms with van der Waals surface area (Å²) in [6, 6.07) is 0.558.